The zero-order valence-corrected chi connectivity index (χ0v) is 7.83. The minimum atomic E-state index is 0.268. The molecule has 1 saturated heterocycles. The zero-order chi connectivity index (χ0) is 9.38. The van der Waals surface area contributed by atoms with Crippen molar-refractivity contribution in [3.05, 3.63) is 59.5 Å². The Balaban J connectivity index is 2.08. The second kappa shape index (κ2) is 2.91. The van der Waals surface area contributed by atoms with E-state index in [9.17, 15) is 0 Å². The third-order valence-corrected chi connectivity index (χ3v) is 2.70. The van der Waals surface area contributed by atoms with E-state index in [1.54, 1.807) is 0 Å². The molecule has 0 amide bonds. The molecule has 0 spiro atoms. The van der Waals surface area contributed by atoms with E-state index in [4.69, 9.17) is 0 Å². The quantitative estimate of drug-likeness (QED) is 0.599. The third-order valence-electron chi connectivity index (χ3n) is 2.70. The highest BCUT2D eigenvalue weighted by Crippen LogP contribution is 2.30. The molecule has 2 aliphatic heterocycles. The first-order valence-electron chi connectivity index (χ1n) is 4.92. The lowest BCUT2D eigenvalue weighted by Gasteiger charge is -2.15. The number of dihydropyridines is 1. The lowest BCUT2D eigenvalue weighted by Crippen LogP contribution is -2.35. The van der Waals surface area contributed by atoms with Crippen molar-refractivity contribution < 1.29 is 0 Å². The monoisotopic (exact) mass is 184 g/mol. The summed E-state index contributed by atoms with van der Waals surface area (Å²) in [5.74, 6) is 0. The van der Waals surface area contributed by atoms with Crippen molar-refractivity contribution in [1.29, 1.82) is 0 Å². The Morgan fingerprint density at radius 1 is 1.21 bits per heavy atom. The Labute approximate surface area is 83.4 Å². The van der Waals surface area contributed by atoms with Crippen LogP contribution in [0.3, 0.4) is 0 Å². The number of allylic oxidation sites excluding steroid dienone is 7. The number of nitrogens with one attached hydrogen (secondary N) is 2. The topological polar surface area (TPSA) is 24.1 Å². The molecule has 1 fully saturated rings. The average Bonchev–Trinajstić information content (AvgIpc) is 2.42. The minimum absolute atomic E-state index is 0.268. The summed E-state index contributed by atoms with van der Waals surface area (Å²) in [6.07, 6.45) is 16.2. The van der Waals surface area contributed by atoms with Gasteiger partial charge >= 0.3 is 0 Å². The summed E-state index contributed by atoms with van der Waals surface area (Å²) in [7, 11) is 0. The zero-order valence-electron chi connectivity index (χ0n) is 7.83. The molecule has 0 aromatic rings. The van der Waals surface area contributed by atoms with E-state index in [-0.39, 0.29) is 6.17 Å². The molecule has 3 aliphatic rings. The molecule has 2 N–H and O–H groups in total. The highest BCUT2D eigenvalue weighted by atomic mass is 15.1. The van der Waals surface area contributed by atoms with Gasteiger partial charge < -0.3 is 10.6 Å². The van der Waals surface area contributed by atoms with E-state index in [1.165, 1.54) is 16.8 Å². The molecule has 1 atom stereocenters. The van der Waals surface area contributed by atoms with Gasteiger partial charge in [-0.25, -0.2) is 0 Å². The maximum absolute atomic E-state index is 3.45. The molecular weight excluding hydrogens is 172 g/mol. The molecule has 70 valence electrons. The molecule has 1 unspecified atom stereocenters. The molecule has 1 aliphatic carbocycles. The Kier molecular flexibility index (Phi) is 1.60. The van der Waals surface area contributed by atoms with E-state index >= 15 is 0 Å². The van der Waals surface area contributed by atoms with Gasteiger partial charge in [-0.15, -0.1) is 0 Å². The molecular formula is C12H12N2. The molecule has 0 saturated carbocycles. The maximum atomic E-state index is 3.45. The van der Waals surface area contributed by atoms with Crippen molar-refractivity contribution in [2.24, 2.45) is 0 Å². The van der Waals surface area contributed by atoms with Crippen LogP contribution in [0.1, 0.15) is 6.42 Å². The van der Waals surface area contributed by atoms with Gasteiger partial charge in [-0.2, -0.15) is 0 Å². The van der Waals surface area contributed by atoms with Crippen LogP contribution in [-0.2, 0) is 0 Å². The number of rotatable bonds is 0. The second-order valence-electron chi connectivity index (χ2n) is 3.59. The van der Waals surface area contributed by atoms with Gasteiger partial charge in [0, 0.05) is 16.8 Å². The molecule has 0 aromatic heterocycles. The van der Waals surface area contributed by atoms with E-state index in [0.717, 1.165) is 6.42 Å². The number of hydrogen-bond donors (Lipinski definition) is 2. The van der Waals surface area contributed by atoms with Gasteiger partial charge in [0.1, 0.15) is 6.17 Å². The first-order chi connectivity index (χ1) is 6.95. The number of fused-ring (bicyclic) bond motifs is 3. The van der Waals surface area contributed by atoms with Gasteiger partial charge in [0.2, 0.25) is 0 Å². The highest BCUT2D eigenvalue weighted by molar-refractivity contribution is 5.57. The van der Waals surface area contributed by atoms with Gasteiger partial charge in [0.15, 0.2) is 0 Å². The Bertz CT molecular complexity index is 408. The van der Waals surface area contributed by atoms with Crippen LogP contribution >= 0.6 is 0 Å². The average molecular weight is 184 g/mol. The van der Waals surface area contributed by atoms with Gasteiger partial charge in [0.25, 0.3) is 0 Å². The lowest BCUT2D eigenvalue weighted by atomic mass is 10.0. The van der Waals surface area contributed by atoms with Crippen LogP contribution in [-0.4, -0.2) is 6.17 Å². The summed E-state index contributed by atoms with van der Waals surface area (Å²) in [5, 5.41) is 6.74. The largest absolute Gasteiger partial charge is 0.368 e. The standard InChI is InChI=1S/C12H12N2/c1-2-5-9-10-6-4-8-13-12(10)14-11(9)7-3-1/h1,3-8,12-14H,2H2. The van der Waals surface area contributed by atoms with Crippen LogP contribution in [0.25, 0.3) is 0 Å². The Hall–Kier alpha value is -1.70. The Morgan fingerprint density at radius 3 is 3.21 bits per heavy atom. The van der Waals surface area contributed by atoms with Crippen LogP contribution in [0.15, 0.2) is 59.5 Å². The maximum Gasteiger partial charge on any atom is 0.123 e. The summed E-state index contributed by atoms with van der Waals surface area (Å²) in [4.78, 5) is 0. The van der Waals surface area contributed by atoms with Crippen LogP contribution in [0.5, 0.6) is 0 Å². The molecule has 2 nitrogen and oxygen atoms in total. The van der Waals surface area contributed by atoms with Crippen molar-refractivity contribution in [3.8, 4) is 0 Å². The summed E-state index contributed by atoms with van der Waals surface area (Å²) in [6.45, 7) is 0. The van der Waals surface area contributed by atoms with Crippen molar-refractivity contribution in [3.63, 3.8) is 0 Å². The fourth-order valence-corrected chi connectivity index (χ4v) is 2.04. The van der Waals surface area contributed by atoms with E-state index in [2.05, 4.69) is 47.1 Å². The summed E-state index contributed by atoms with van der Waals surface area (Å²) >= 11 is 0. The summed E-state index contributed by atoms with van der Waals surface area (Å²) < 4.78 is 0. The number of hydrogen-bond acceptors (Lipinski definition) is 2. The fraction of sp³-hybridized carbons (Fsp3) is 0.167. The van der Waals surface area contributed by atoms with Crippen molar-refractivity contribution in [2.45, 2.75) is 12.6 Å². The van der Waals surface area contributed by atoms with E-state index < -0.39 is 0 Å². The highest BCUT2D eigenvalue weighted by Gasteiger charge is 2.28. The van der Waals surface area contributed by atoms with Gasteiger partial charge in [0.05, 0.1) is 0 Å². The lowest BCUT2D eigenvalue weighted by molar-refractivity contribution is 0.631. The smallest absolute Gasteiger partial charge is 0.123 e. The molecule has 3 rings (SSSR count). The Morgan fingerprint density at radius 2 is 2.21 bits per heavy atom. The van der Waals surface area contributed by atoms with Gasteiger partial charge in [-0.3, -0.25) is 0 Å². The molecule has 0 radical (unpaired) electrons. The molecule has 0 aromatic carbocycles. The van der Waals surface area contributed by atoms with Crippen LogP contribution in [0.4, 0.5) is 0 Å². The second-order valence-corrected chi connectivity index (χ2v) is 3.59. The third kappa shape index (κ3) is 1.04. The SMILES string of the molecule is C1=CCC=C2C(=C1)NC1NC=CC=C21. The van der Waals surface area contributed by atoms with E-state index in [0.29, 0.717) is 0 Å². The molecule has 2 heterocycles. The van der Waals surface area contributed by atoms with Crippen molar-refractivity contribution in [2.75, 3.05) is 0 Å². The fourth-order valence-electron chi connectivity index (χ4n) is 2.04. The van der Waals surface area contributed by atoms with Crippen molar-refractivity contribution >= 4 is 0 Å². The first-order valence-corrected chi connectivity index (χ1v) is 4.92. The van der Waals surface area contributed by atoms with Crippen molar-refractivity contribution in [1.82, 2.24) is 10.6 Å². The normalized spacial score (nSPS) is 27.4. The van der Waals surface area contributed by atoms with Gasteiger partial charge in [-0.05, 0) is 24.8 Å². The van der Waals surface area contributed by atoms with Crippen LogP contribution < -0.4 is 10.6 Å². The predicted molar refractivity (Wildman–Crippen MR) is 57.2 cm³/mol. The molecule has 2 heteroatoms. The predicted octanol–water partition coefficient (Wildman–Crippen LogP) is 1.73. The van der Waals surface area contributed by atoms with Gasteiger partial charge in [-0.1, -0.05) is 24.3 Å². The summed E-state index contributed by atoms with van der Waals surface area (Å²) in [5.41, 5.74) is 3.92. The van der Waals surface area contributed by atoms with E-state index in [1.807, 2.05) is 6.20 Å². The van der Waals surface area contributed by atoms with Crippen LogP contribution in [0, 0.1) is 0 Å². The molecule has 14 heavy (non-hydrogen) atoms. The summed E-state index contributed by atoms with van der Waals surface area (Å²) in [6, 6.07) is 0. The minimum Gasteiger partial charge on any atom is -0.368 e. The van der Waals surface area contributed by atoms with Crippen LogP contribution in [0.2, 0.25) is 0 Å². The first kappa shape index (κ1) is 7.68. The molecule has 0 bridgehead atoms.